The van der Waals surface area contributed by atoms with Gasteiger partial charge >= 0.3 is 0 Å². The van der Waals surface area contributed by atoms with E-state index in [2.05, 4.69) is 15.6 Å². The molecule has 140 valence electrons. The van der Waals surface area contributed by atoms with Crippen molar-refractivity contribution in [3.63, 3.8) is 0 Å². The summed E-state index contributed by atoms with van der Waals surface area (Å²) in [6.45, 7) is 5.77. The lowest BCUT2D eigenvalue weighted by Gasteiger charge is -2.16. The van der Waals surface area contributed by atoms with E-state index in [1.165, 1.54) is 0 Å². The number of benzene rings is 1. The second-order valence-corrected chi connectivity index (χ2v) is 7.74. The molecule has 25 heavy (non-hydrogen) atoms. The number of rotatable bonds is 8. The maximum atomic E-state index is 12.5. The number of nitrogens with zero attached hydrogens (tertiary/aromatic N) is 2. The number of guanidine groups is 1. The molecule has 1 aromatic carbocycles. The van der Waals surface area contributed by atoms with Gasteiger partial charge in [-0.2, -0.15) is 4.31 Å². The largest absolute Gasteiger partial charge is 0.380 e. The number of aliphatic imine (C=N–C) groups is 1. The van der Waals surface area contributed by atoms with Crippen LogP contribution < -0.4 is 10.6 Å². The van der Waals surface area contributed by atoms with Gasteiger partial charge in [0, 0.05) is 39.8 Å². The molecular weight excluding hydrogens is 340 g/mol. The molecule has 2 rings (SSSR count). The van der Waals surface area contributed by atoms with E-state index in [4.69, 9.17) is 4.74 Å². The summed E-state index contributed by atoms with van der Waals surface area (Å²) >= 11 is 0. The van der Waals surface area contributed by atoms with E-state index >= 15 is 0 Å². The molecule has 2 N–H and O–H groups in total. The lowest BCUT2D eigenvalue weighted by atomic mass is 10.2. The van der Waals surface area contributed by atoms with Gasteiger partial charge in [-0.25, -0.2) is 8.42 Å². The minimum Gasteiger partial charge on any atom is -0.380 e. The monoisotopic (exact) mass is 368 g/mol. The summed E-state index contributed by atoms with van der Waals surface area (Å²) in [5.41, 5.74) is 0.994. The van der Waals surface area contributed by atoms with Gasteiger partial charge in [0.1, 0.15) is 0 Å². The average molecular weight is 369 g/mol. The molecule has 0 aromatic heterocycles. The predicted octanol–water partition coefficient (Wildman–Crippen LogP) is 1.17. The predicted molar refractivity (Wildman–Crippen MR) is 99.1 cm³/mol. The van der Waals surface area contributed by atoms with Crippen LogP contribution in [0, 0.1) is 0 Å². The topological polar surface area (TPSA) is 83.0 Å². The third-order valence-corrected chi connectivity index (χ3v) is 5.97. The summed E-state index contributed by atoms with van der Waals surface area (Å²) in [5, 5.41) is 6.36. The van der Waals surface area contributed by atoms with Gasteiger partial charge in [0.05, 0.1) is 11.5 Å². The van der Waals surface area contributed by atoms with Gasteiger partial charge in [-0.1, -0.05) is 12.1 Å². The minimum atomic E-state index is -3.35. The SMILES string of the molecule is CCOCCNC(=NC)NCc1ccc(S(=O)(=O)N2CCCC2)cc1. The molecule has 1 aliphatic heterocycles. The van der Waals surface area contributed by atoms with Crippen molar-refractivity contribution in [3.8, 4) is 0 Å². The number of nitrogens with one attached hydrogen (secondary N) is 2. The summed E-state index contributed by atoms with van der Waals surface area (Å²) in [4.78, 5) is 4.50. The summed E-state index contributed by atoms with van der Waals surface area (Å²) in [6.07, 6.45) is 1.88. The van der Waals surface area contributed by atoms with Gasteiger partial charge in [-0.3, -0.25) is 4.99 Å². The summed E-state index contributed by atoms with van der Waals surface area (Å²) in [7, 11) is -1.64. The van der Waals surface area contributed by atoms with Crippen LogP contribution in [-0.2, 0) is 21.3 Å². The molecule has 0 aliphatic carbocycles. The van der Waals surface area contributed by atoms with Gasteiger partial charge in [0.2, 0.25) is 10.0 Å². The van der Waals surface area contributed by atoms with E-state index in [9.17, 15) is 8.42 Å². The van der Waals surface area contributed by atoms with Crippen LogP contribution >= 0.6 is 0 Å². The van der Waals surface area contributed by atoms with Crippen molar-refractivity contribution in [2.24, 2.45) is 4.99 Å². The van der Waals surface area contributed by atoms with E-state index in [0.717, 1.165) is 18.4 Å². The highest BCUT2D eigenvalue weighted by Crippen LogP contribution is 2.20. The first-order chi connectivity index (χ1) is 12.1. The smallest absolute Gasteiger partial charge is 0.243 e. The molecule has 0 bridgehead atoms. The van der Waals surface area contributed by atoms with Crippen molar-refractivity contribution in [2.45, 2.75) is 31.2 Å². The highest BCUT2D eigenvalue weighted by atomic mass is 32.2. The Balaban J connectivity index is 1.87. The molecule has 0 atom stereocenters. The van der Waals surface area contributed by atoms with Crippen molar-refractivity contribution in [2.75, 3.05) is 39.9 Å². The van der Waals surface area contributed by atoms with E-state index in [-0.39, 0.29) is 0 Å². The van der Waals surface area contributed by atoms with Crippen LogP contribution in [0.15, 0.2) is 34.2 Å². The molecule has 0 spiro atoms. The fourth-order valence-corrected chi connectivity index (χ4v) is 4.17. The van der Waals surface area contributed by atoms with Crippen LogP contribution in [0.2, 0.25) is 0 Å². The molecule has 8 heteroatoms. The Bertz CT molecular complexity index is 653. The molecule has 0 amide bonds. The molecule has 7 nitrogen and oxygen atoms in total. The van der Waals surface area contributed by atoms with Gasteiger partial charge in [0.15, 0.2) is 5.96 Å². The van der Waals surface area contributed by atoms with Gasteiger partial charge in [0.25, 0.3) is 0 Å². The van der Waals surface area contributed by atoms with Crippen LogP contribution in [0.4, 0.5) is 0 Å². The first-order valence-electron chi connectivity index (χ1n) is 8.69. The quantitative estimate of drug-likeness (QED) is 0.409. The molecule has 1 fully saturated rings. The van der Waals surface area contributed by atoms with Crippen molar-refractivity contribution < 1.29 is 13.2 Å². The summed E-state index contributed by atoms with van der Waals surface area (Å²) in [5.74, 6) is 0.688. The summed E-state index contributed by atoms with van der Waals surface area (Å²) < 4.78 is 31.8. The third kappa shape index (κ3) is 5.69. The molecule has 1 aromatic rings. The van der Waals surface area contributed by atoms with E-state index in [1.54, 1.807) is 23.5 Å². The zero-order valence-corrected chi connectivity index (χ0v) is 15.8. The first-order valence-corrected chi connectivity index (χ1v) is 10.1. The van der Waals surface area contributed by atoms with Crippen molar-refractivity contribution in [1.82, 2.24) is 14.9 Å². The Hall–Kier alpha value is -1.64. The Kier molecular flexibility index (Phi) is 7.67. The Morgan fingerprint density at radius 3 is 2.48 bits per heavy atom. The molecular formula is C17H28N4O3S. The average Bonchev–Trinajstić information content (AvgIpc) is 3.17. The standard InChI is InChI=1S/C17H28N4O3S/c1-3-24-13-10-19-17(18-2)20-14-15-6-8-16(9-7-15)25(22,23)21-11-4-5-12-21/h6-9H,3-5,10-14H2,1-2H3,(H2,18,19,20). The van der Waals surface area contributed by atoms with Gasteiger partial charge in [-0.05, 0) is 37.5 Å². The van der Waals surface area contributed by atoms with Crippen LogP contribution in [0.25, 0.3) is 0 Å². The molecule has 0 unspecified atom stereocenters. The number of hydrogen-bond acceptors (Lipinski definition) is 4. The Labute approximate surface area is 150 Å². The fraction of sp³-hybridized carbons (Fsp3) is 0.588. The van der Waals surface area contributed by atoms with E-state index in [0.29, 0.717) is 50.2 Å². The molecule has 1 saturated heterocycles. The highest BCUT2D eigenvalue weighted by Gasteiger charge is 2.26. The van der Waals surface area contributed by atoms with Crippen molar-refractivity contribution >= 4 is 16.0 Å². The second-order valence-electron chi connectivity index (χ2n) is 5.80. The second kappa shape index (κ2) is 9.74. The maximum Gasteiger partial charge on any atom is 0.243 e. The van der Waals surface area contributed by atoms with Gasteiger partial charge < -0.3 is 15.4 Å². The van der Waals surface area contributed by atoms with Crippen molar-refractivity contribution in [3.05, 3.63) is 29.8 Å². The lowest BCUT2D eigenvalue weighted by Crippen LogP contribution is -2.38. The van der Waals surface area contributed by atoms with Crippen LogP contribution in [0.3, 0.4) is 0 Å². The van der Waals surface area contributed by atoms with Crippen LogP contribution in [0.5, 0.6) is 0 Å². The van der Waals surface area contributed by atoms with Crippen LogP contribution in [-0.4, -0.2) is 58.6 Å². The molecule has 0 saturated carbocycles. The number of hydrogen-bond donors (Lipinski definition) is 2. The summed E-state index contributed by atoms with van der Waals surface area (Å²) in [6, 6.07) is 7.03. The normalized spacial score (nSPS) is 16.2. The number of sulfonamides is 1. The Morgan fingerprint density at radius 2 is 1.88 bits per heavy atom. The number of ether oxygens (including phenoxy) is 1. The first kappa shape index (κ1) is 19.7. The highest BCUT2D eigenvalue weighted by molar-refractivity contribution is 7.89. The minimum absolute atomic E-state index is 0.359. The van der Waals surface area contributed by atoms with Crippen molar-refractivity contribution in [1.29, 1.82) is 0 Å². The Morgan fingerprint density at radius 1 is 1.20 bits per heavy atom. The fourth-order valence-electron chi connectivity index (χ4n) is 2.65. The molecule has 1 aliphatic rings. The zero-order valence-electron chi connectivity index (χ0n) is 15.0. The van der Waals surface area contributed by atoms with Crippen LogP contribution in [0.1, 0.15) is 25.3 Å². The zero-order chi connectivity index (χ0) is 18.1. The molecule has 1 heterocycles. The van der Waals surface area contributed by atoms with Gasteiger partial charge in [-0.15, -0.1) is 0 Å². The van der Waals surface area contributed by atoms with E-state index < -0.39 is 10.0 Å². The third-order valence-electron chi connectivity index (χ3n) is 4.05. The lowest BCUT2D eigenvalue weighted by molar-refractivity contribution is 0.152. The van der Waals surface area contributed by atoms with E-state index in [1.807, 2.05) is 19.1 Å². The molecule has 0 radical (unpaired) electrons. The maximum absolute atomic E-state index is 12.5.